The topological polar surface area (TPSA) is 94.2 Å². The Morgan fingerprint density at radius 2 is 2.08 bits per heavy atom. The van der Waals surface area contributed by atoms with Crippen LogP contribution in [0.25, 0.3) is 0 Å². The number of benzene rings is 1. The highest BCUT2D eigenvalue weighted by molar-refractivity contribution is 5.92. The summed E-state index contributed by atoms with van der Waals surface area (Å²) in [5.41, 5.74) is 9.09. The van der Waals surface area contributed by atoms with Gasteiger partial charge in [0.25, 0.3) is 5.91 Å². The number of nitrogens with two attached hydrogens (primary N) is 1. The Morgan fingerprint density at radius 1 is 1.31 bits per heavy atom. The summed E-state index contributed by atoms with van der Waals surface area (Å²) in [4.78, 5) is 12.5. The average Bonchev–Trinajstić information content (AvgIpc) is 3.10. The van der Waals surface area contributed by atoms with E-state index in [9.17, 15) is 4.79 Å². The van der Waals surface area contributed by atoms with Crippen molar-refractivity contribution in [2.75, 3.05) is 13.1 Å². The lowest BCUT2D eigenvalue weighted by molar-refractivity contribution is -0.109. The maximum atomic E-state index is 12.5. The van der Waals surface area contributed by atoms with E-state index in [1.807, 2.05) is 35.0 Å². The number of hydrogen-bond acceptors (Lipinski definition) is 5. The molecule has 138 valence electrons. The SMILES string of the molecule is NCc1ccccc1CNC(=O)c1cc2n(n1)CC1(CCNCC1)OC2. The third-order valence-corrected chi connectivity index (χ3v) is 5.35. The number of carbonyl (C=O) groups excluding carboxylic acids is 1. The molecule has 4 N–H and O–H groups in total. The summed E-state index contributed by atoms with van der Waals surface area (Å²) in [5.74, 6) is -0.168. The second-order valence-corrected chi connectivity index (χ2v) is 7.06. The number of ether oxygens (including phenoxy) is 1. The predicted molar refractivity (Wildman–Crippen MR) is 97.4 cm³/mol. The molecule has 0 atom stereocenters. The standard InChI is InChI=1S/C19H25N5O2/c20-10-14-3-1-2-4-15(14)11-22-18(25)17-9-16-12-26-19(13-24(16)23-17)5-7-21-8-6-19/h1-4,9,21H,5-8,10-13,20H2,(H,22,25). The van der Waals surface area contributed by atoms with Gasteiger partial charge < -0.3 is 21.1 Å². The lowest BCUT2D eigenvalue weighted by atomic mass is 9.91. The fourth-order valence-electron chi connectivity index (χ4n) is 3.75. The molecule has 2 aliphatic heterocycles. The van der Waals surface area contributed by atoms with Gasteiger partial charge in [0.1, 0.15) is 0 Å². The Bertz CT molecular complexity index is 795. The maximum Gasteiger partial charge on any atom is 0.272 e. The molecule has 4 rings (SSSR count). The fourth-order valence-corrected chi connectivity index (χ4v) is 3.75. The fraction of sp³-hybridized carbons (Fsp3) is 0.474. The van der Waals surface area contributed by atoms with Crippen LogP contribution in [-0.2, 0) is 31.0 Å². The van der Waals surface area contributed by atoms with Crippen molar-refractivity contribution in [1.82, 2.24) is 20.4 Å². The molecule has 0 radical (unpaired) electrons. The summed E-state index contributed by atoms with van der Waals surface area (Å²) in [5, 5.41) is 10.8. The highest BCUT2D eigenvalue weighted by atomic mass is 16.5. The zero-order chi connectivity index (χ0) is 18.0. The quantitative estimate of drug-likeness (QED) is 0.758. The van der Waals surface area contributed by atoms with E-state index >= 15 is 0 Å². The van der Waals surface area contributed by atoms with Crippen molar-refractivity contribution in [2.45, 2.75) is 44.7 Å². The van der Waals surface area contributed by atoms with Gasteiger partial charge in [0.15, 0.2) is 5.69 Å². The smallest absolute Gasteiger partial charge is 0.272 e. The van der Waals surface area contributed by atoms with E-state index < -0.39 is 0 Å². The zero-order valence-corrected chi connectivity index (χ0v) is 14.8. The van der Waals surface area contributed by atoms with Crippen molar-refractivity contribution in [3.05, 3.63) is 52.8 Å². The molecule has 0 saturated carbocycles. The predicted octanol–water partition coefficient (Wildman–Crippen LogP) is 0.924. The molecule has 3 heterocycles. The van der Waals surface area contributed by atoms with Gasteiger partial charge >= 0.3 is 0 Å². The second kappa shape index (κ2) is 7.19. The van der Waals surface area contributed by atoms with E-state index in [1.54, 1.807) is 0 Å². The minimum absolute atomic E-state index is 0.141. The number of hydrogen-bond donors (Lipinski definition) is 3. The van der Waals surface area contributed by atoms with Gasteiger partial charge in [-0.15, -0.1) is 0 Å². The highest BCUT2D eigenvalue weighted by Crippen LogP contribution is 2.31. The van der Waals surface area contributed by atoms with E-state index in [-0.39, 0.29) is 11.5 Å². The number of fused-ring (bicyclic) bond motifs is 1. The number of aromatic nitrogens is 2. The summed E-state index contributed by atoms with van der Waals surface area (Å²) < 4.78 is 8.08. The second-order valence-electron chi connectivity index (χ2n) is 7.06. The molecule has 2 aromatic rings. The lowest BCUT2D eigenvalue weighted by Gasteiger charge is -2.40. The molecule has 0 unspecified atom stereocenters. The van der Waals surface area contributed by atoms with Crippen LogP contribution in [0.2, 0.25) is 0 Å². The first kappa shape index (κ1) is 17.2. The van der Waals surface area contributed by atoms with Crippen molar-refractivity contribution >= 4 is 5.91 Å². The summed E-state index contributed by atoms with van der Waals surface area (Å²) in [7, 11) is 0. The number of rotatable bonds is 4. The number of piperidine rings is 1. The number of nitrogens with one attached hydrogen (secondary N) is 2. The number of amides is 1. The summed E-state index contributed by atoms with van der Waals surface area (Å²) >= 11 is 0. The van der Waals surface area contributed by atoms with Gasteiger partial charge in [-0.1, -0.05) is 24.3 Å². The Kier molecular flexibility index (Phi) is 4.76. The molecule has 1 amide bonds. The molecule has 1 aromatic heterocycles. The van der Waals surface area contributed by atoms with Gasteiger partial charge in [0, 0.05) is 13.1 Å². The molecule has 0 aliphatic carbocycles. The third-order valence-electron chi connectivity index (χ3n) is 5.35. The molecule has 2 aliphatic rings. The van der Waals surface area contributed by atoms with Gasteiger partial charge in [0.2, 0.25) is 0 Å². The van der Waals surface area contributed by atoms with Crippen molar-refractivity contribution in [2.24, 2.45) is 5.73 Å². The van der Waals surface area contributed by atoms with Gasteiger partial charge in [0.05, 0.1) is 24.4 Å². The van der Waals surface area contributed by atoms with Crippen LogP contribution in [0.1, 0.15) is 40.2 Å². The number of carbonyl (C=O) groups is 1. The van der Waals surface area contributed by atoms with Crippen LogP contribution >= 0.6 is 0 Å². The molecule has 7 nitrogen and oxygen atoms in total. The normalized spacial score (nSPS) is 18.5. The first-order valence-corrected chi connectivity index (χ1v) is 9.16. The Labute approximate surface area is 152 Å². The summed E-state index contributed by atoms with van der Waals surface area (Å²) in [6.45, 7) is 4.05. The van der Waals surface area contributed by atoms with Crippen LogP contribution in [0, 0.1) is 0 Å². The molecule has 1 spiro atoms. The van der Waals surface area contributed by atoms with E-state index in [0.717, 1.165) is 42.8 Å². The minimum Gasteiger partial charge on any atom is -0.367 e. The molecular weight excluding hydrogens is 330 g/mol. The van der Waals surface area contributed by atoms with Gasteiger partial charge in [-0.05, 0) is 43.1 Å². The molecule has 26 heavy (non-hydrogen) atoms. The molecule has 1 fully saturated rings. The molecule has 1 aromatic carbocycles. The largest absolute Gasteiger partial charge is 0.367 e. The van der Waals surface area contributed by atoms with Gasteiger partial charge in [-0.2, -0.15) is 5.10 Å². The molecule has 0 bridgehead atoms. The maximum absolute atomic E-state index is 12.5. The van der Waals surface area contributed by atoms with Crippen molar-refractivity contribution in [3.63, 3.8) is 0 Å². The monoisotopic (exact) mass is 355 g/mol. The summed E-state index contributed by atoms with van der Waals surface area (Å²) in [6, 6.07) is 9.69. The van der Waals surface area contributed by atoms with Crippen LogP contribution < -0.4 is 16.4 Å². The lowest BCUT2D eigenvalue weighted by Crippen LogP contribution is -2.49. The first-order chi connectivity index (χ1) is 12.7. The van der Waals surface area contributed by atoms with Crippen molar-refractivity contribution in [1.29, 1.82) is 0 Å². The van der Waals surface area contributed by atoms with Crippen LogP contribution in [0.15, 0.2) is 30.3 Å². The van der Waals surface area contributed by atoms with Gasteiger partial charge in [-0.25, -0.2) is 0 Å². The number of nitrogens with zero attached hydrogens (tertiary/aromatic N) is 2. The third kappa shape index (κ3) is 3.38. The Morgan fingerprint density at radius 3 is 2.85 bits per heavy atom. The average molecular weight is 355 g/mol. The van der Waals surface area contributed by atoms with Crippen LogP contribution in [-0.4, -0.2) is 34.4 Å². The highest BCUT2D eigenvalue weighted by Gasteiger charge is 2.38. The van der Waals surface area contributed by atoms with E-state index in [0.29, 0.717) is 31.9 Å². The molecule has 1 saturated heterocycles. The first-order valence-electron chi connectivity index (χ1n) is 9.16. The summed E-state index contributed by atoms with van der Waals surface area (Å²) in [6.07, 6.45) is 1.95. The van der Waals surface area contributed by atoms with E-state index in [4.69, 9.17) is 10.5 Å². The van der Waals surface area contributed by atoms with Crippen LogP contribution in [0.4, 0.5) is 0 Å². The van der Waals surface area contributed by atoms with E-state index in [2.05, 4.69) is 15.7 Å². The van der Waals surface area contributed by atoms with Gasteiger partial charge in [-0.3, -0.25) is 9.48 Å². The van der Waals surface area contributed by atoms with Crippen LogP contribution in [0.5, 0.6) is 0 Å². The minimum atomic E-state index is -0.168. The van der Waals surface area contributed by atoms with Crippen LogP contribution in [0.3, 0.4) is 0 Å². The van der Waals surface area contributed by atoms with E-state index in [1.165, 1.54) is 0 Å². The molecular formula is C19H25N5O2. The Balaban J connectivity index is 1.43. The van der Waals surface area contributed by atoms with Crippen molar-refractivity contribution < 1.29 is 9.53 Å². The molecule has 7 heteroatoms. The zero-order valence-electron chi connectivity index (χ0n) is 14.8. The van der Waals surface area contributed by atoms with Crippen molar-refractivity contribution in [3.8, 4) is 0 Å². The Hall–Kier alpha value is -2.22.